The summed E-state index contributed by atoms with van der Waals surface area (Å²) in [5.41, 5.74) is 2.43. The van der Waals surface area contributed by atoms with Gasteiger partial charge in [0.15, 0.2) is 0 Å². The molecule has 23 heavy (non-hydrogen) atoms. The summed E-state index contributed by atoms with van der Waals surface area (Å²) < 4.78 is 1.10. The van der Waals surface area contributed by atoms with E-state index in [4.69, 9.17) is 0 Å². The average molecular weight is 374 g/mol. The van der Waals surface area contributed by atoms with Gasteiger partial charge in [-0.15, -0.1) is 0 Å². The van der Waals surface area contributed by atoms with Gasteiger partial charge >= 0.3 is 0 Å². The smallest absolute Gasteiger partial charge is 0.0734 e. The summed E-state index contributed by atoms with van der Waals surface area (Å²) in [6.45, 7) is 6.31. The maximum Gasteiger partial charge on any atom is 0.0734 e. The van der Waals surface area contributed by atoms with Crippen LogP contribution in [-0.2, 0) is 0 Å². The Morgan fingerprint density at radius 2 is 1.83 bits per heavy atom. The van der Waals surface area contributed by atoms with Gasteiger partial charge in [0.05, 0.1) is 5.52 Å². The normalized spacial score (nSPS) is 20.5. The Hall–Kier alpha value is -1.13. The van der Waals surface area contributed by atoms with E-state index in [-0.39, 0.29) is 0 Å². The van der Waals surface area contributed by atoms with Gasteiger partial charge in [0, 0.05) is 41.4 Å². The van der Waals surface area contributed by atoms with Crippen molar-refractivity contribution in [3.63, 3.8) is 0 Å². The molecule has 1 aromatic carbocycles. The third-order valence-corrected chi connectivity index (χ3v) is 5.85. The van der Waals surface area contributed by atoms with Crippen LogP contribution in [0, 0.1) is 5.92 Å². The Kier molecular flexibility index (Phi) is 4.54. The monoisotopic (exact) mass is 373 g/mol. The number of aromatic nitrogens is 1. The summed E-state index contributed by atoms with van der Waals surface area (Å²) in [6.07, 6.45) is 7.38. The molecular formula is C19H24BrN3. The number of nitrogens with zero attached hydrogens (tertiary/aromatic N) is 3. The number of anilines is 1. The van der Waals surface area contributed by atoms with Gasteiger partial charge in [0.2, 0.25) is 0 Å². The fraction of sp³-hybridized carbons (Fsp3) is 0.526. The lowest BCUT2D eigenvalue weighted by atomic mass is 9.95. The Balaban J connectivity index is 1.46. The van der Waals surface area contributed by atoms with E-state index in [1.165, 1.54) is 69.5 Å². The second-order valence-electron chi connectivity index (χ2n) is 6.93. The third kappa shape index (κ3) is 3.38. The van der Waals surface area contributed by atoms with Crippen LogP contribution in [0.25, 0.3) is 10.9 Å². The standard InChI is InChI=1S/C19H24BrN3/c20-16-3-4-17-18(13-16)21-8-5-19(17)23-11-6-15(7-12-23)14-22-9-1-2-10-22/h3-5,8,13,15H,1-2,6-7,9-12,14H2. The van der Waals surface area contributed by atoms with Crippen molar-refractivity contribution in [1.82, 2.24) is 9.88 Å². The zero-order valence-electron chi connectivity index (χ0n) is 13.5. The molecule has 3 nitrogen and oxygen atoms in total. The molecular weight excluding hydrogens is 350 g/mol. The molecule has 0 aliphatic carbocycles. The lowest BCUT2D eigenvalue weighted by Crippen LogP contribution is -2.38. The minimum Gasteiger partial charge on any atom is -0.371 e. The Morgan fingerprint density at radius 1 is 1.04 bits per heavy atom. The van der Waals surface area contributed by atoms with Crippen molar-refractivity contribution >= 4 is 32.5 Å². The number of halogens is 1. The van der Waals surface area contributed by atoms with Gasteiger partial charge in [-0.1, -0.05) is 15.9 Å². The summed E-state index contributed by atoms with van der Waals surface area (Å²) in [7, 11) is 0. The van der Waals surface area contributed by atoms with Crippen molar-refractivity contribution in [3.8, 4) is 0 Å². The molecule has 0 spiro atoms. The zero-order chi connectivity index (χ0) is 15.6. The fourth-order valence-electron chi connectivity index (χ4n) is 4.07. The van der Waals surface area contributed by atoms with Gasteiger partial charge in [-0.05, 0) is 69.0 Å². The molecule has 0 amide bonds. The van der Waals surface area contributed by atoms with E-state index in [1.54, 1.807) is 0 Å². The van der Waals surface area contributed by atoms with E-state index in [9.17, 15) is 0 Å². The van der Waals surface area contributed by atoms with Gasteiger partial charge in [-0.3, -0.25) is 4.98 Å². The number of fused-ring (bicyclic) bond motifs is 1. The van der Waals surface area contributed by atoms with Crippen LogP contribution >= 0.6 is 15.9 Å². The quantitative estimate of drug-likeness (QED) is 0.798. The van der Waals surface area contributed by atoms with Crippen LogP contribution in [0.5, 0.6) is 0 Å². The fourth-order valence-corrected chi connectivity index (χ4v) is 4.42. The molecule has 4 rings (SSSR count). The highest BCUT2D eigenvalue weighted by molar-refractivity contribution is 9.10. The number of rotatable bonds is 3. The Bertz CT molecular complexity index is 673. The molecule has 0 unspecified atom stereocenters. The topological polar surface area (TPSA) is 19.4 Å². The zero-order valence-corrected chi connectivity index (χ0v) is 15.1. The highest BCUT2D eigenvalue weighted by Gasteiger charge is 2.23. The second kappa shape index (κ2) is 6.78. The summed E-state index contributed by atoms with van der Waals surface area (Å²) in [5, 5.41) is 1.27. The van der Waals surface area contributed by atoms with Crippen molar-refractivity contribution in [2.45, 2.75) is 25.7 Å². The van der Waals surface area contributed by atoms with Crippen LogP contribution in [0.2, 0.25) is 0 Å². The molecule has 0 bridgehead atoms. The third-order valence-electron chi connectivity index (χ3n) is 5.35. The van der Waals surface area contributed by atoms with Crippen molar-refractivity contribution in [1.29, 1.82) is 0 Å². The number of hydrogen-bond donors (Lipinski definition) is 0. The highest BCUT2D eigenvalue weighted by Crippen LogP contribution is 2.31. The van der Waals surface area contributed by atoms with Crippen LogP contribution in [0.4, 0.5) is 5.69 Å². The number of piperidine rings is 1. The predicted molar refractivity (Wildman–Crippen MR) is 100 cm³/mol. The van der Waals surface area contributed by atoms with E-state index in [1.807, 2.05) is 6.20 Å². The van der Waals surface area contributed by atoms with Crippen LogP contribution in [0.1, 0.15) is 25.7 Å². The van der Waals surface area contributed by atoms with E-state index < -0.39 is 0 Å². The molecule has 2 fully saturated rings. The van der Waals surface area contributed by atoms with Crippen LogP contribution in [0.3, 0.4) is 0 Å². The molecule has 2 aromatic rings. The summed E-state index contributed by atoms with van der Waals surface area (Å²) in [6, 6.07) is 8.60. The first-order valence-corrected chi connectivity index (χ1v) is 9.60. The lowest BCUT2D eigenvalue weighted by molar-refractivity contribution is 0.249. The first-order chi connectivity index (χ1) is 11.3. The van der Waals surface area contributed by atoms with Gasteiger partial charge < -0.3 is 9.80 Å². The van der Waals surface area contributed by atoms with Crippen molar-refractivity contribution in [2.75, 3.05) is 37.6 Å². The summed E-state index contributed by atoms with van der Waals surface area (Å²) >= 11 is 3.54. The summed E-state index contributed by atoms with van der Waals surface area (Å²) in [5.74, 6) is 0.881. The minimum atomic E-state index is 0.881. The molecule has 0 N–H and O–H groups in total. The van der Waals surface area contributed by atoms with Crippen LogP contribution < -0.4 is 4.90 Å². The SMILES string of the molecule is Brc1ccc2c(N3CCC(CN4CCCC4)CC3)ccnc2c1. The maximum atomic E-state index is 4.52. The number of likely N-dealkylation sites (tertiary alicyclic amines) is 1. The van der Waals surface area contributed by atoms with Crippen molar-refractivity contribution < 1.29 is 0 Å². The van der Waals surface area contributed by atoms with E-state index in [2.05, 4.69) is 55.0 Å². The number of hydrogen-bond acceptors (Lipinski definition) is 3. The molecule has 2 saturated heterocycles. The van der Waals surface area contributed by atoms with Gasteiger partial charge in [-0.25, -0.2) is 0 Å². The lowest BCUT2D eigenvalue weighted by Gasteiger charge is -2.35. The van der Waals surface area contributed by atoms with Gasteiger partial charge in [0.1, 0.15) is 0 Å². The van der Waals surface area contributed by atoms with Crippen LogP contribution in [-0.4, -0.2) is 42.6 Å². The number of pyridine rings is 1. The van der Waals surface area contributed by atoms with E-state index >= 15 is 0 Å². The molecule has 122 valence electrons. The van der Waals surface area contributed by atoms with Gasteiger partial charge in [-0.2, -0.15) is 0 Å². The molecule has 0 saturated carbocycles. The predicted octanol–water partition coefficient (Wildman–Crippen LogP) is 4.31. The van der Waals surface area contributed by atoms with Crippen molar-refractivity contribution in [3.05, 3.63) is 34.9 Å². The second-order valence-corrected chi connectivity index (χ2v) is 7.85. The molecule has 1 aromatic heterocycles. The first-order valence-electron chi connectivity index (χ1n) is 8.81. The highest BCUT2D eigenvalue weighted by atomic mass is 79.9. The molecule has 0 atom stereocenters. The molecule has 2 aliphatic heterocycles. The Morgan fingerprint density at radius 3 is 2.61 bits per heavy atom. The molecule has 3 heterocycles. The Labute approximate surface area is 146 Å². The average Bonchev–Trinajstić information content (AvgIpc) is 3.08. The van der Waals surface area contributed by atoms with E-state index in [0.29, 0.717) is 0 Å². The largest absolute Gasteiger partial charge is 0.371 e. The van der Waals surface area contributed by atoms with Gasteiger partial charge in [0.25, 0.3) is 0 Å². The number of benzene rings is 1. The maximum absolute atomic E-state index is 4.52. The van der Waals surface area contributed by atoms with E-state index in [0.717, 1.165) is 15.9 Å². The minimum absolute atomic E-state index is 0.881. The first kappa shape index (κ1) is 15.4. The summed E-state index contributed by atoms with van der Waals surface area (Å²) in [4.78, 5) is 9.74. The van der Waals surface area contributed by atoms with Crippen molar-refractivity contribution in [2.24, 2.45) is 5.92 Å². The molecule has 0 radical (unpaired) electrons. The molecule has 4 heteroatoms. The molecule has 2 aliphatic rings. The van der Waals surface area contributed by atoms with Crippen LogP contribution in [0.15, 0.2) is 34.9 Å².